The van der Waals surface area contributed by atoms with Gasteiger partial charge in [-0.15, -0.1) is 0 Å². The Bertz CT molecular complexity index is 682. The van der Waals surface area contributed by atoms with Gasteiger partial charge in [0, 0.05) is 17.0 Å². The maximum absolute atomic E-state index is 11.9. The van der Waals surface area contributed by atoms with E-state index in [1.807, 2.05) is 45.9 Å². The molecule has 0 unspecified atom stereocenters. The summed E-state index contributed by atoms with van der Waals surface area (Å²) in [6.07, 6.45) is 0. The zero-order chi connectivity index (χ0) is 14.9. The number of benzene rings is 1. The predicted octanol–water partition coefficient (Wildman–Crippen LogP) is 3.05. The van der Waals surface area contributed by atoms with Crippen LogP contribution in [0.5, 0.6) is 5.75 Å². The van der Waals surface area contributed by atoms with Gasteiger partial charge in [-0.05, 0) is 19.1 Å². The van der Waals surface area contributed by atoms with Gasteiger partial charge in [-0.3, -0.25) is 4.79 Å². The first kappa shape index (κ1) is 14.3. The van der Waals surface area contributed by atoms with Gasteiger partial charge in [0.2, 0.25) is 0 Å². The minimum Gasteiger partial charge on any atom is -0.496 e. The molecule has 2 aromatic rings. The molecule has 0 aliphatic heterocycles. The number of ether oxygens (including phenoxy) is 1. The van der Waals surface area contributed by atoms with Gasteiger partial charge in [0.05, 0.1) is 12.8 Å². The highest BCUT2D eigenvalue weighted by molar-refractivity contribution is 5.67. The molecular formula is C16H20N2O2. The average Bonchev–Trinajstić information content (AvgIpc) is 2.37. The molecule has 4 nitrogen and oxygen atoms in total. The van der Waals surface area contributed by atoms with E-state index in [2.05, 4.69) is 9.97 Å². The van der Waals surface area contributed by atoms with Crippen LogP contribution in [-0.4, -0.2) is 17.1 Å². The van der Waals surface area contributed by atoms with Crippen LogP contribution >= 0.6 is 0 Å². The summed E-state index contributed by atoms with van der Waals surface area (Å²) in [5.74, 6) is 1.39. The second kappa shape index (κ2) is 5.12. The van der Waals surface area contributed by atoms with Crippen molar-refractivity contribution in [1.29, 1.82) is 0 Å². The van der Waals surface area contributed by atoms with Crippen molar-refractivity contribution in [2.24, 2.45) is 0 Å². The highest BCUT2D eigenvalue weighted by Gasteiger charge is 2.19. The Morgan fingerprint density at radius 2 is 1.90 bits per heavy atom. The van der Waals surface area contributed by atoms with Gasteiger partial charge in [0.1, 0.15) is 11.6 Å². The SMILES string of the molecule is COc1ccc(C)cc1-c1cc(=O)[nH]c(C(C)(C)C)n1. The smallest absolute Gasteiger partial charge is 0.251 e. The van der Waals surface area contributed by atoms with E-state index in [1.54, 1.807) is 7.11 Å². The van der Waals surface area contributed by atoms with Crippen LogP contribution in [0.15, 0.2) is 29.1 Å². The molecule has 0 aliphatic rings. The molecule has 0 fully saturated rings. The lowest BCUT2D eigenvalue weighted by Crippen LogP contribution is -2.22. The number of hydrogen-bond donors (Lipinski definition) is 1. The summed E-state index contributed by atoms with van der Waals surface area (Å²) in [5, 5.41) is 0. The van der Waals surface area contributed by atoms with Crippen LogP contribution in [0.25, 0.3) is 11.3 Å². The largest absolute Gasteiger partial charge is 0.496 e. The summed E-state index contributed by atoms with van der Waals surface area (Å²) >= 11 is 0. The molecule has 0 spiro atoms. The number of aromatic amines is 1. The Hall–Kier alpha value is -2.10. The molecule has 1 aromatic carbocycles. The average molecular weight is 272 g/mol. The zero-order valence-corrected chi connectivity index (χ0v) is 12.6. The summed E-state index contributed by atoms with van der Waals surface area (Å²) in [5.41, 5.74) is 2.21. The van der Waals surface area contributed by atoms with Crippen molar-refractivity contribution in [1.82, 2.24) is 9.97 Å². The van der Waals surface area contributed by atoms with Crippen LogP contribution in [0.1, 0.15) is 32.2 Å². The third kappa shape index (κ3) is 2.90. The highest BCUT2D eigenvalue weighted by Crippen LogP contribution is 2.29. The number of H-pyrrole nitrogens is 1. The fourth-order valence-corrected chi connectivity index (χ4v) is 1.97. The van der Waals surface area contributed by atoms with Crippen LogP contribution in [0.2, 0.25) is 0 Å². The molecule has 1 aromatic heterocycles. The van der Waals surface area contributed by atoms with Gasteiger partial charge in [-0.25, -0.2) is 4.98 Å². The molecule has 0 atom stereocenters. The Kier molecular flexibility index (Phi) is 3.66. The van der Waals surface area contributed by atoms with E-state index in [1.165, 1.54) is 6.07 Å². The van der Waals surface area contributed by atoms with Crippen LogP contribution in [-0.2, 0) is 5.41 Å². The van der Waals surface area contributed by atoms with E-state index in [0.29, 0.717) is 17.3 Å². The van der Waals surface area contributed by atoms with E-state index < -0.39 is 0 Å². The van der Waals surface area contributed by atoms with Gasteiger partial charge in [-0.2, -0.15) is 0 Å². The second-order valence-corrected chi connectivity index (χ2v) is 5.93. The molecule has 20 heavy (non-hydrogen) atoms. The Balaban J connectivity index is 2.67. The van der Waals surface area contributed by atoms with E-state index >= 15 is 0 Å². The zero-order valence-electron chi connectivity index (χ0n) is 12.6. The Labute approximate surface area is 118 Å². The third-order valence-electron chi connectivity index (χ3n) is 3.08. The lowest BCUT2D eigenvalue weighted by atomic mass is 9.95. The molecule has 1 heterocycles. The molecule has 0 saturated carbocycles. The van der Waals surface area contributed by atoms with Crippen molar-refractivity contribution < 1.29 is 4.74 Å². The monoisotopic (exact) mass is 272 g/mol. The van der Waals surface area contributed by atoms with Crippen LogP contribution in [0.4, 0.5) is 0 Å². The molecule has 0 amide bonds. The minimum absolute atomic E-state index is 0.150. The van der Waals surface area contributed by atoms with Crippen LogP contribution in [0.3, 0.4) is 0 Å². The lowest BCUT2D eigenvalue weighted by Gasteiger charge is -2.18. The summed E-state index contributed by atoms with van der Waals surface area (Å²) < 4.78 is 5.37. The molecule has 0 bridgehead atoms. The molecule has 0 saturated heterocycles. The topological polar surface area (TPSA) is 55.0 Å². The van der Waals surface area contributed by atoms with E-state index in [-0.39, 0.29) is 11.0 Å². The molecule has 4 heteroatoms. The van der Waals surface area contributed by atoms with Gasteiger partial charge in [0.25, 0.3) is 5.56 Å². The lowest BCUT2D eigenvalue weighted by molar-refractivity contribution is 0.416. The first-order valence-electron chi connectivity index (χ1n) is 6.58. The first-order chi connectivity index (χ1) is 9.31. The van der Waals surface area contributed by atoms with E-state index in [4.69, 9.17) is 4.74 Å². The van der Waals surface area contributed by atoms with E-state index in [0.717, 1.165) is 11.1 Å². The molecule has 0 aliphatic carbocycles. The van der Waals surface area contributed by atoms with Crippen molar-refractivity contribution in [2.45, 2.75) is 33.1 Å². The summed E-state index contributed by atoms with van der Waals surface area (Å²) in [6, 6.07) is 7.35. The predicted molar refractivity (Wildman–Crippen MR) is 80.3 cm³/mol. The molecular weight excluding hydrogens is 252 g/mol. The molecule has 0 radical (unpaired) electrons. The Morgan fingerprint density at radius 3 is 2.50 bits per heavy atom. The third-order valence-corrected chi connectivity index (χ3v) is 3.08. The van der Waals surface area contributed by atoms with Gasteiger partial charge < -0.3 is 9.72 Å². The van der Waals surface area contributed by atoms with Crippen molar-refractivity contribution in [2.75, 3.05) is 7.11 Å². The van der Waals surface area contributed by atoms with E-state index in [9.17, 15) is 4.79 Å². The first-order valence-corrected chi connectivity index (χ1v) is 6.58. The number of rotatable bonds is 2. The van der Waals surface area contributed by atoms with Crippen molar-refractivity contribution in [3.05, 3.63) is 46.0 Å². The number of methoxy groups -OCH3 is 1. The number of hydrogen-bond acceptors (Lipinski definition) is 3. The standard InChI is InChI=1S/C16H20N2O2/c1-10-6-7-13(20-5)11(8-10)12-9-14(19)18-15(17-12)16(2,3)4/h6-9H,1-5H3,(H,17,18,19). The normalized spacial score (nSPS) is 11.4. The second-order valence-electron chi connectivity index (χ2n) is 5.93. The van der Waals surface area contributed by atoms with Crippen molar-refractivity contribution >= 4 is 0 Å². The summed E-state index contributed by atoms with van der Waals surface area (Å²) in [4.78, 5) is 19.3. The summed E-state index contributed by atoms with van der Waals surface area (Å²) in [7, 11) is 1.62. The van der Waals surface area contributed by atoms with Crippen molar-refractivity contribution in [3.63, 3.8) is 0 Å². The molecule has 106 valence electrons. The highest BCUT2D eigenvalue weighted by atomic mass is 16.5. The molecule has 1 N–H and O–H groups in total. The van der Waals surface area contributed by atoms with Crippen LogP contribution < -0.4 is 10.3 Å². The number of aryl methyl sites for hydroxylation is 1. The quantitative estimate of drug-likeness (QED) is 0.914. The van der Waals surface area contributed by atoms with Crippen LogP contribution in [0, 0.1) is 6.92 Å². The fraction of sp³-hybridized carbons (Fsp3) is 0.375. The summed E-state index contributed by atoms with van der Waals surface area (Å²) in [6.45, 7) is 8.05. The number of aromatic nitrogens is 2. The number of nitrogens with zero attached hydrogens (tertiary/aromatic N) is 1. The minimum atomic E-state index is -0.216. The van der Waals surface area contributed by atoms with Gasteiger partial charge >= 0.3 is 0 Å². The van der Waals surface area contributed by atoms with Crippen molar-refractivity contribution in [3.8, 4) is 17.0 Å². The molecule has 2 rings (SSSR count). The fourth-order valence-electron chi connectivity index (χ4n) is 1.97. The maximum atomic E-state index is 11.9. The maximum Gasteiger partial charge on any atom is 0.251 e. The number of nitrogens with one attached hydrogen (secondary N) is 1. The van der Waals surface area contributed by atoms with Gasteiger partial charge in [-0.1, -0.05) is 32.4 Å². The Morgan fingerprint density at radius 1 is 1.20 bits per heavy atom. The van der Waals surface area contributed by atoms with Gasteiger partial charge in [0.15, 0.2) is 0 Å².